The Hall–Kier alpha value is -2.70. The van der Waals surface area contributed by atoms with Crippen LogP contribution in [0.5, 0.6) is 0 Å². The highest BCUT2D eigenvalue weighted by Crippen LogP contribution is 2.20. The third-order valence-electron chi connectivity index (χ3n) is 2.75. The Morgan fingerprint density at radius 3 is 2.90 bits per heavy atom. The fourth-order valence-electron chi connectivity index (χ4n) is 1.72. The molecule has 0 aliphatic rings. The predicted octanol–water partition coefficient (Wildman–Crippen LogP) is 2.12. The number of rotatable bonds is 5. The van der Waals surface area contributed by atoms with Crippen molar-refractivity contribution in [2.45, 2.75) is 6.42 Å². The van der Waals surface area contributed by atoms with Gasteiger partial charge in [-0.05, 0) is 18.2 Å². The number of nitrogens with zero attached hydrogens (tertiary/aromatic N) is 2. The second kappa shape index (κ2) is 5.96. The van der Waals surface area contributed by atoms with Crippen LogP contribution in [0.15, 0.2) is 30.3 Å². The molecule has 0 aliphatic heterocycles. The molecule has 1 aromatic heterocycles. The maximum absolute atomic E-state index is 11.0. The number of non-ortho nitro benzene ring substituents is 1. The Kier molecular flexibility index (Phi) is 4.09. The molecule has 0 fully saturated rings. The molecule has 1 heterocycles. The minimum Gasteiger partial charge on any atom is -0.469 e. The number of nitrogens with one attached hydrogen (secondary N) is 1. The van der Waals surface area contributed by atoms with Crippen LogP contribution in [0.4, 0.5) is 11.5 Å². The van der Waals surface area contributed by atoms with Gasteiger partial charge in [-0.2, -0.15) is 0 Å². The van der Waals surface area contributed by atoms with Gasteiger partial charge in [-0.3, -0.25) is 14.9 Å². The molecule has 1 N–H and O–H groups in total. The molecule has 20 heavy (non-hydrogen) atoms. The van der Waals surface area contributed by atoms with Crippen LogP contribution in [0.3, 0.4) is 0 Å². The Morgan fingerprint density at radius 1 is 1.40 bits per heavy atom. The van der Waals surface area contributed by atoms with Gasteiger partial charge in [0.25, 0.3) is 5.69 Å². The summed E-state index contributed by atoms with van der Waals surface area (Å²) in [6.07, 6.45) is 0.247. The van der Waals surface area contributed by atoms with E-state index in [1.54, 1.807) is 18.2 Å². The van der Waals surface area contributed by atoms with Crippen LogP contribution in [0.25, 0.3) is 10.9 Å². The summed E-state index contributed by atoms with van der Waals surface area (Å²) >= 11 is 0. The lowest BCUT2D eigenvalue weighted by molar-refractivity contribution is -0.384. The third kappa shape index (κ3) is 3.19. The summed E-state index contributed by atoms with van der Waals surface area (Å²) in [7, 11) is 1.34. The van der Waals surface area contributed by atoms with Crippen molar-refractivity contribution in [1.82, 2.24) is 4.98 Å². The number of esters is 1. The topological polar surface area (TPSA) is 94.4 Å². The van der Waals surface area contributed by atoms with E-state index < -0.39 is 4.92 Å². The zero-order chi connectivity index (χ0) is 14.5. The fraction of sp³-hybridized carbons (Fsp3) is 0.231. The van der Waals surface area contributed by atoms with Crippen molar-refractivity contribution in [3.8, 4) is 0 Å². The first-order valence-corrected chi connectivity index (χ1v) is 5.96. The van der Waals surface area contributed by atoms with Crippen molar-refractivity contribution >= 4 is 28.4 Å². The molecule has 0 radical (unpaired) electrons. The number of hydrogen-bond acceptors (Lipinski definition) is 6. The number of pyridine rings is 1. The highest BCUT2D eigenvalue weighted by Gasteiger charge is 2.07. The van der Waals surface area contributed by atoms with E-state index in [-0.39, 0.29) is 18.1 Å². The number of aromatic nitrogens is 1. The Morgan fingerprint density at radius 2 is 2.20 bits per heavy atom. The normalized spacial score (nSPS) is 10.2. The van der Waals surface area contributed by atoms with Crippen LogP contribution in [-0.4, -0.2) is 29.5 Å². The van der Waals surface area contributed by atoms with E-state index in [9.17, 15) is 14.9 Å². The summed E-state index contributed by atoms with van der Waals surface area (Å²) in [6, 6.07) is 7.94. The number of nitro benzene ring substituents is 1. The second-order valence-electron chi connectivity index (χ2n) is 4.08. The number of nitro groups is 1. The molecule has 1 aromatic carbocycles. The highest BCUT2D eigenvalue weighted by atomic mass is 16.6. The van der Waals surface area contributed by atoms with Gasteiger partial charge in [0.1, 0.15) is 5.82 Å². The molecule has 7 heteroatoms. The molecule has 0 saturated carbocycles. The van der Waals surface area contributed by atoms with Gasteiger partial charge in [0.2, 0.25) is 0 Å². The van der Waals surface area contributed by atoms with E-state index in [1.807, 2.05) is 0 Å². The van der Waals surface area contributed by atoms with Crippen LogP contribution in [0, 0.1) is 10.1 Å². The number of carbonyl (C=O) groups is 1. The van der Waals surface area contributed by atoms with Crippen molar-refractivity contribution < 1.29 is 14.5 Å². The van der Waals surface area contributed by atoms with Gasteiger partial charge >= 0.3 is 5.97 Å². The number of hydrogen-bond donors (Lipinski definition) is 1. The molecule has 2 rings (SSSR count). The number of anilines is 1. The molecular weight excluding hydrogens is 262 g/mol. The van der Waals surface area contributed by atoms with Gasteiger partial charge in [0.05, 0.1) is 24.0 Å². The third-order valence-corrected chi connectivity index (χ3v) is 2.75. The smallest absolute Gasteiger partial charge is 0.307 e. The Labute approximate surface area is 114 Å². The lowest BCUT2D eigenvalue weighted by Gasteiger charge is -2.06. The van der Waals surface area contributed by atoms with E-state index in [1.165, 1.54) is 19.2 Å². The molecular formula is C13H13N3O4. The molecule has 0 spiro atoms. The summed E-state index contributed by atoms with van der Waals surface area (Å²) in [5.41, 5.74) is 0.685. The van der Waals surface area contributed by atoms with Crippen LogP contribution in [0.1, 0.15) is 6.42 Å². The Balaban J connectivity index is 2.11. The first kappa shape index (κ1) is 13.7. The van der Waals surface area contributed by atoms with Gasteiger partial charge in [-0.15, -0.1) is 0 Å². The van der Waals surface area contributed by atoms with Crippen LogP contribution in [-0.2, 0) is 9.53 Å². The van der Waals surface area contributed by atoms with Gasteiger partial charge in [-0.25, -0.2) is 4.98 Å². The second-order valence-corrected chi connectivity index (χ2v) is 4.08. The van der Waals surface area contributed by atoms with Gasteiger partial charge < -0.3 is 10.1 Å². The van der Waals surface area contributed by atoms with Crippen LogP contribution in [0.2, 0.25) is 0 Å². The van der Waals surface area contributed by atoms with Crippen molar-refractivity contribution in [3.05, 3.63) is 40.4 Å². The lowest BCUT2D eigenvalue weighted by Crippen LogP contribution is -2.10. The monoisotopic (exact) mass is 275 g/mol. The van der Waals surface area contributed by atoms with Gasteiger partial charge in [0, 0.05) is 24.1 Å². The van der Waals surface area contributed by atoms with Crippen molar-refractivity contribution in [3.63, 3.8) is 0 Å². The van der Waals surface area contributed by atoms with E-state index >= 15 is 0 Å². The maximum Gasteiger partial charge on any atom is 0.307 e. The molecule has 104 valence electrons. The van der Waals surface area contributed by atoms with Crippen molar-refractivity contribution in [1.29, 1.82) is 0 Å². The number of ether oxygens (including phenoxy) is 1. The maximum atomic E-state index is 11.0. The van der Waals surface area contributed by atoms with E-state index in [0.29, 0.717) is 23.3 Å². The highest BCUT2D eigenvalue weighted by molar-refractivity contribution is 5.82. The average molecular weight is 275 g/mol. The van der Waals surface area contributed by atoms with Crippen LogP contribution >= 0.6 is 0 Å². The summed E-state index contributed by atoms with van der Waals surface area (Å²) in [5.74, 6) is 0.309. The number of carbonyl (C=O) groups excluding carboxylic acids is 1. The van der Waals surface area contributed by atoms with Crippen LogP contribution < -0.4 is 5.32 Å². The van der Waals surface area contributed by atoms with Gasteiger partial charge in [-0.1, -0.05) is 0 Å². The van der Waals surface area contributed by atoms with Crippen molar-refractivity contribution in [2.75, 3.05) is 19.0 Å². The lowest BCUT2D eigenvalue weighted by atomic mass is 10.2. The molecule has 0 amide bonds. The quantitative estimate of drug-likeness (QED) is 0.510. The minimum atomic E-state index is -0.442. The standard InChI is InChI=1S/C13H13N3O4/c1-20-13(17)6-7-14-12-5-2-9-8-10(16(18)19)3-4-11(9)15-12/h2-5,8H,6-7H2,1H3,(H,14,15). The molecule has 7 nitrogen and oxygen atoms in total. The average Bonchev–Trinajstić information content (AvgIpc) is 2.46. The largest absolute Gasteiger partial charge is 0.469 e. The Bertz CT molecular complexity index is 657. The fourth-order valence-corrected chi connectivity index (χ4v) is 1.72. The molecule has 0 atom stereocenters. The SMILES string of the molecule is COC(=O)CCNc1ccc2cc([N+](=O)[O-])ccc2n1. The zero-order valence-corrected chi connectivity index (χ0v) is 10.8. The summed E-state index contributed by atoms with van der Waals surface area (Å²) in [5, 5.41) is 14.4. The van der Waals surface area contributed by atoms with Gasteiger partial charge in [0.15, 0.2) is 0 Å². The van der Waals surface area contributed by atoms with E-state index in [2.05, 4.69) is 15.0 Å². The first-order chi connectivity index (χ1) is 9.60. The molecule has 0 bridgehead atoms. The molecule has 2 aromatic rings. The van der Waals surface area contributed by atoms with E-state index in [0.717, 1.165) is 0 Å². The number of methoxy groups -OCH3 is 1. The first-order valence-electron chi connectivity index (χ1n) is 5.96. The molecule has 0 saturated heterocycles. The summed E-state index contributed by atoms with van der Waals surface area (Å²) < 4.78 is 4.53. The zero-order valence-electron chi connectivity index (χ0n) is 10.8. The minimum absolute atomic E-state index is 0.0331. The molecule has 0 aliphatic carbocycles. The van der Waals surface area contributed by atoms with E-state index in [4.69, 9.17) is 0 Å². The predicted molar refractivity (Wildman–Crippen MR) is 73.5 cm³/mol. The number of fused-ring (bicyclic) bond motifs is 1. The van der Waals surface area contributed by atoms with Crippen molar-refractivity contribution in [2.24, 2.45) is 0 Å². The number of benzene rings is 1. The summed E-state index contributed by atoms with van der Waals surface area (Å²) in [4.78, 5) is 25.5. The molecule has 0 unspecified atom stereocenters. The summed E-state index contributed by atoms with van der Waals surface area (Å²) in [6.45, 7) is 0.415.